The molecule has 1 aliphatic rings. The quantitative estimate of drug-likeness (QED) is 0.739. The van der Waals surface area contributed by atoms with E-state index in [1.165, 1.54) is 0 Å². The number of imidazole rings is 1. The van der Waals surface area contributed by atoms with Crippen molar-refractivity contribution < 1.29 is 14.3 Å². The number of ether oxygens (including phenoxy) is 1. The molecule has 3 aromatic rings. The lowest BCUT2D eigenvalue weighted by Crippen LogP contribution is -2.46. The fourth-order valence-corrected chi connectivity index (χ4v) is 3.64. The van der Waals surface area contributed by atoms with Crippen LogP contribution in [-0.4, -0.2) is 52.2 Å². The van der Waals surface area contributed by atoms with Crippen molar-refractivity contribution in [2.24, 2.45) is 0 Å². The van der Waals surface area contributed by atoms with Gasteiger partial charge >= 0.3 is 6.09 Å². The minimum atomic E-state index is -0.281. The highest BCUT2D eigenvalue weighted by atomic mass is 16.6. The van der Waals surface area contributed by atoms with Gasteiger partial charge in [-0.2, -0.15) is 0 Å². The number of hydrogen-bond acceptors (Lipinski definition) is 4. The summed E-state index contributed by atoms with van der Waals surface area (Å²) in [6, 6.07) is 15.6. The SMILES string of the molecule is CCOC(=O)N1CCC(NC(=O)c2ccc3c(c2)ncn3-c2ccccc2)CC1. The molecule has 0 radical (unpaired) electrons. The van der Waals surface area contributed by atoms with E-state index in [4.69, 9.17) is 4.74 Å². The van der Waals surface area contributed by atoms with Crippen molar-refractivity contribution in [3.8, 4) is 5.69 Å². The lowest BCUT2D eigenvalue weighted by molar-refractivity contribution is 0.0860. The van der Waals surface area contributed by atoms with Gasteiger partial charge in [0.1, 0.15) is 6.33 Å². The molecule has 0 bridgehead atoms. The van der Waals surface area contributed by atoms with Gasteiger partial charge in [0.15, 0.2) is 0 Å². The topological polar surface area (TPSA) is 76.5 Å². The van der Waals surface area contributed by atoms with E-state index in [0.717, 1.165) is 29.6 Å². The summed E-state index contributed by atoms with van der Waals surface area (Å²) in [4.78, 5) is 30.6. The third-order valence-corrected chi connectivity index (χ3v) is 5.20. The Bertz CT molecular complexity index is 1010. The van der Waals surface area contributed by atoms with E-state index >= 15 is 0 Å². The van der Waals surface area contributed by atoms with Gasteiger partial charge in [-0.25, -0.2) is 9.78 Å². The molecule has 1 saturated heterocycles. The smallest absolute Gasteiger partial charge is 0.409 e. The Morgan fingerprint density at radius 3 is 2.62 bits per heavy atom. The van der Waals surface area contributed by atoms with Gasteiger partial charge in [0.2, 0.25) is 0 Å². The number of carbonyl (C=O) groups excluding carboxylic acids is 2. The van der Waals surface area contributed by atoms with Crippen molar-refractivity contribution in [3.05, 3.63) is 60.4 Å². The number of nitrogens with one attached hydrogen (secondary N) is 1. The lowest BCUT2D eigenvalue weighted by atomic mass is 10.0. The van der Waals surface area contributed by atoms with Crippen molar-refractivity contribution in [2.75, 3.05) is 19.7 Å². The third kappa shape index (κ3) is 4.08. The van der Waals surface area contributed by atoms with Crippen molar-refractivity contribution in [1.82, 2.24) is 19.8 Å². The summed E-state index contributed by atoms with van der Waals surface area (Å²) < 4.78 is 7.03. The van der Waals surface area contributed by atoms with Crippen LogP contribution >= 0.6 is 0 Å². The molecule has 150 valence electrons. The molecule has 0 saturated carbocycles. The van der Waals surface area contributed by atoms with Gasteiger partial charge in [0.25, 0.3) is 5.91 Å². The van der Waals surface area contributed by atoms with E-state index in [2.05, 4.69) is 10.3 Å². The van der Waals surface area contributed by atoms with Gasteiger partial charge in [-0.15, -0.1) is 0 Å². The summed E-state index contributed by atoms with van der Waals surface area (Å²) in [5, 5.41) is 3.08. The molecular weight excluding hydrogens is 368 g/mol. The maximum absolute atomic E-state index is 12.7. The second-order valence-electron chi connectivity index (χ2n) is 7.09. The molecule has 2 heterocycles. The molecule has 0 spiro atoms. The van der Waals surface area contributed by atoms with Gasteiger partial charge in [0.05, 0.1) is 17.6 Å². The number of piperidine rings is 1. The normalized spacial score (nSPS) is 14.7. The zero-order valence-corrected chi connectivity index (χ0v) is 16.4. The fourth-order valence-electron chi connectivity index (χ4n) is 3.64. The predicted molar refractivity (Wildman–Crippen MR) is 110 cm³/mol. The van der Waals surface area contributed by atoms with Crippen LogP contribution in [0, 0.1) is 0 Å². The number of para-hydroxylation sites is 1. The van der Waals surface area contributed by atoms with E-state index in [9.17, 15) is 9.59 Å². The monoisotopic (exact) mass is 392 g/mol. The number of rotatable bonds is 4. The zero-order chi connectivity index (χ0) is 20.2. The summed E-state index contributed by atoms with van der Waals surface area (Å²) in [7, 11) is 0. The van der Waals surface area contributed by atoms with Crippen LogP contribution in [0.4, 0.5) is 4.79 Å². The lowest BCUT2D eigenvalue weighted by Gasteiger charge is -2.31. The minimum Gasteiger partial charge on any atom is -0.450 e. The molecule has 0 atom stereocenters. The average molecular weight is 392 g/mol. The molecule has 1 fully saturated rings. The maximum Gasteiger partial charge on any atom is 0.409 e. The summed E-state index contributed by atoms with van der Waals surface area (Å²) in [6.07, 6.45) is 2.93. The standard InChI is InChI=1S/C22H24N4O3/c1-2-29-22(28)25-12-10-17(11-13-25)24-21(27)16-8-9-20-19(14-16)23-15-26(20)18-6-4-3-5-7-18/h3-9,14-15,17H,2,10-13H2,1H3,(H,24,27). The van der Waals surface area contributed by atoms with Crippen LogP contribution in [0.2, 0.25) is 0 Å². The molecule has 1 aromatic heterocycles. The number of amides is 2. The average Bonchev–Trinajstić information content (AvgIpc) is 3.18. The fraction of sp³-hybridized carbons (Fsp3) is 0.318. The van der Waals surface area contributed by atoms with E-state index in [0.29, 0.717) is 25.3 Å². The second-order valence-corrected chi connectivity index (χ2v) is 7.09. The third-order valence-electron chi connectivity index (χ3n) is 5.20. The summed E-state index contributed by atoms with van der Waals surface area (Å²) >= 11 is 0. The van der Waals surface area contributed by atoms with E-state index in [-0.39, 0.29) is 18.0 Å². The summed E-state index contributed by atoms with van der Waals surface area (Å²) in [6.45, 7) is 3.34. The largest absolute Gasteiger partial charge is 0.450 e. The number of aromatic nitrogens is 2. The Balaban J connectivity index is 1.41. The first-order chi connectivity index (χ1) is 14.2. The zero-order valence-electron chi connectivity index (χ0n) is 16.4. The van der Waals surface area contributed by atoms with Crippen LogP contribution in [-0.2, 0) is 4.74 Å². The van der Waals surface area contributed by atoms with Gasteiger partial charge in [-0.3, -0.25) is 9.36 Å². The molecule has 29 heavy (non-hydrogen) atoms. The number of carbonyl (C=O) groups is 2. The van der Waals surface area contributed by atoms with Gasteiger partial charge in [-0.1, -0.05) is 18.2 Å². The Hall–Kier alpha value is -3.35. The Morgan fingerprint density at radius 2 is 1.90 bits per heavy atom. The first-order valence-corrected chi connectivity index (χ1v) is 9.91. The Labute approximate surface area is 169 Å². The first kappa shape index (κ1) is 19.0. The van der Waals surface area contributed by atoms with Crippen LogP contribution < -0.4 is 5.32 Å². The van der Waals surface area contributed by atoms with Crippen molar-refractivity contribution in [2.45, 2.75) is 25.8 Å². The minimum absolute atomic E-state index is 0.0470. The second kappa shape index (κ2) is 8.34. The van der Waals surface area contributed by atoms with Crippen molar-refractivity contribution in [1.29, 1.82) is 0 Å². The van der Waals surface area contributed by atoms with E-state index in [1.807, 2.05) is 53.1 Å². The number of nitrogens with zero attached hydrogens (tertiary/aromatic N) is 3. The molecule has 7 nitrogen and oxygen atoms in total. The van der Waals surface area contributed by atoms with Crippen LogP contribution in [0.3, 0.4) is 0 Å². The molecular formula is C22H24N4O3. The molecule has 2 amide bonds. The number of benzene rings is 2. The van der Waals surface area contributed by atoms with Crippen molar-refractivity contribution >= 4 is 23.0 Å². The van der Waals surface area contributed by atoms with Crippen LogP contribution in [0.15, 0.2) is 54.9 Å². The first-order valence-electron chi connectivity index (χ1n) is 9.91. The Kier molecular flexibility index (Phi) is 5.46. The molecule has 1 aliphatic heterocycles. The van der Waals surface area contributed by atoms with Crippen LogP contribution in [0.25, 0.3) is 16.7 Å². The van der Waals surface area contributed by atoms with E-state index in [1.54, 1.807) is 18.2 Å². The van der Waals surface area contributed by atoms with Gasteiger partial charge in [0, 0.05) is 30.4 Å². The molecule has 0 aliphatic carbocycles. The van der Waals surface area contributed by atoms with Crippen LogP contribution in [0.5, 0.6) is 0 Å². The predicted octanol–water partition coefficient (Wildman–Crippen LogP) is 3.38. The van der Waals surface area contributed by atoms with E-state index < -0.39 is 0 Å². The highest BCUT2D eigenvalue weighted by Gasteiger charge is 2.25. The molecule has 2 aromatic carbocycles. The number of hydrogen-bond donors (Lipinski definition) is 1. The molecule has 4 rings (SSSR count). The molecule has 7 heteroatoms. The summed E-state index contributed by atoms with van der Waals surface area (Å²) in [5.41, 5.74) is 3.35. The highest BCUT2D eigenvalue weighted by molar-refractivity contribution is 5.97. The van der Waals surface area contributed by atoms with Gasteiger partial charge in [-0.05, 0) is 50.1 Å². The molecule has 1 N–H and O–H groups in total. The molecule has 0 unspecified atom stereocenters. The summed E-state index contributed by atoms with van der Waals surface area (Å²) in [5.74, 6) is -0.115. The van der Waals surface area contributed by atoms with Gasteiger partial charge < -0.3 is 15.0 Å². The number of likely N-dealkylation sites (tertiary alicyclic amines) is 1. The Morgan fingerprint density at radius 1 is 1.14 bits per heavy atom. The highest BCUT2D eigenvalue weighted by Crippen LogP contribution is 2.20. The van der Waals surface area contributed by atoms with Crippen molar-refractivity contribution in [3.63, 3.8) is 0 Å². The maximum atomic E-state index is 12.7. The number of fused-ring (bicyclic) bond motifs is 1. The van der Waals surface area contributed by atoms with Crippen LogP contribution in [0.1, 0.15) is 30.1 Å².